The SMILES string of the molecule is Cc1cc2cc(-c3cccc(NC(=O)C4CCCN4C(=O)OCc4ccccc4)c3)ccc2oc1=O. The fourth-order valence-corrected chi connectivity index (χ4v) is 4.47. The van der Waals surface area contributed by atoms with E-state index in [1.807, 2.05) is 72.8 Å². The number of rotatable bonds is 5. The molecule has 3 aromatic carbocycles. The zero-order valence-corrected chi connectivity index (χ0v) is 19.9. The highest BCUT2D eigenvalue weighted by Gasteiger charge is 2.35. The summed E-state index contributed by atoms with van der Waals surface area (Å²) in [6.45, 7) is 2.37. The summed E-state index contributed by atoms with van der Waals surface area (Å²) in [5.74, 6) is -0.239. The first-order valence-corrected chi connectivity index (χ1v) is 11.9. The van der Waals surface area contributed by atoms with Gasteiger partial charge in [-0.3, -0.25) is 9.69 Å². The Morgan fingerprint density at radius 1 is 1.00 bits per heavy atom. The average molecular weight is 483 g/mol. The molecule has 1 saturated heterocycles. The molecule has 1 unspecified atom stereocenters. The Kier molecular flexibility index (Phi) is 6.54. The van der Waals surface area contributed by atoms with Crippen molar-refractivity contribution in [2.45, 2.75) is 32.4 Å². The van der Waals surface area contributed by atoms with E-state index in [4.69, 9.17) is 9.15 Å². The zero-order chi connectivity index (χ0) is 25.1. The van der Waals surface area contributed by atoms with Gasteiger partial charge in [-0.2, -0.15) is 0 Å². The number of carbonyl (C=O) groups excluding carboxylic acids is 2. The standard InChI is InChI=1S/C29H26N2O5/c1-19-15-23-16-22(12-13-26(23)36-28(19)33)21-9-5-10-24(17-21)30-27(32)25-11-6-14-31(25)29(34)35-18-20-7-3-2-4-8-20/h2-5,7-10,12-13,15-17,25H,6,11,14,18H2,1H3,(H,30,32). The number of ether oxygens (including phenoxy) is 1. The van der Waals surface area contributed by atoms with Crippen LogP contribution in [0.4, 0.5) is 10.5 Å². The van der Waals surface area contributed by atoms with Crippen molar-refractivity contribution in [2.24, 2.45) is 0 Å². The number of nitrogens with one attached hydrogen (secondary N) is 1. The van der Waals surface area contributed by atoms with Crippen molar-refractivity contribution < 1.29 is 18.7 Å². The molecule has 5 rings (SSSR count). The van der Waals surface area contributed by atoms with Crippen LogP contribution in [0.15, 0.2) is 88.1 Å². The Balaban J connectivity index is 1.28. The smallest absolute Gasteiger partial charge is 0.410 e. The van der Waals surface area contributed by atoms with Crippen molar-refractivity contribution in [3.8, 4) is 11.1 Å². The van der Waals surface area contributed by atoms with E-state index in [9.17, 15) is 14.4 Å². The van der Waals surface area contributed by atoms with Gasteiger partial charge >= 0.3 is 11.7 Å². The van der Waals surface area contributed by atoms with Crippen molar-refractivity contribution >= 4 is 28.7 Å². The summed E-state index contributed by atoms with van der Waals surface area (Å²) < 4.78 is 10.8. The van der Waals surface area contributed by atoms with E-state index in [1.165, 1.54) is 4.90 Å². The van der Waals surface area contributed by atoms with Crippen LogP contribution >= 0.6 is 0 Å². The van der Waals surface area contributed by atoms with Crippen molar-refractivity contribution in [2.75, 3.05) is 11.9 Å². The summed E-state index contributed by atoms with van der Waals surface area (Å²) in [5.41, 5.74) is 4.10. The number of nitrogens with zero attached hydrogens (tertiary/aromatic N) is 1. The highest BCUT2D eigenvalue weighted by Crippen LogP contribution is 2.27. The Hall–Kier alpha value is -4.39. The molecule has 1 aliphatic heterocycles. The van der Waals surface area contributed by atoms with Gasteiger partial charge in [0.2, 0.25) is 5.91 Å². The largest absolute Gasteiger partial charge is 0.445 e. The Labute approximate surface area is 208 Å². The summed E-state index contributed by atoms with van der Waals surface area (Å²) >= 11 is 0. The lowest BCUT2D eigenvalue weighted by atomic mass is 10.0. The molecule has 7 nitrogen and oxygen atoms in total. The van der Waals surface area contributed by atoms with Gasteiger partial charge in [0.05, 0.1) is 0 Å². The topological polar surface area (TPSA) is 88.8 Å². The molecular weight excluding hydrogens is 456 g/mol. The van der Waals surface area contributed by atoms with E-state index in [0.29, 0.717) is 29.8 Å². The molecule has 2 heterocycles. The predicted molar refractivity (Wildman–Crippen MR) is 138 cm³/mol. The maximum absolute atomic E-state index is 13.1. The number of carbonyl (C=O) groups is 2. The van der Waals surface area contributed by atoms with E-state index in [-0.39, 0.29) is 18.1 Å². The Bertz CT molecular complexity index is 1480. The third kappa shape index (κ3) is 5.00. The predicted octanol–water partition coefficient (Wildman–Crippen LogP) is 5.51. The fourth-order valence-electron chi connectivity index (χ4n) is 4.47. The van der Waals surface area contributed by atoms with Crippen molar-refractivity contribution in [1.82, 2.24) is 4.90 Å². The van der Waals surface area contributed by atoms with Crippen LogP contribution in [0.2, 0.25) is 0 Å². The minimum absolute atomic E-state index is 0.168. The van der Waals surface area contributed by atoms with Crippen LogP contribution in [-0.2, 0) is 16.1 Å². The van der Waals surface area contributed by atoms with Gasteiger partial charge in [0.1, 0.15) is 18.2 Å². The van der Waals surface area contributed by atoms with Crippen LogP contribution in [0.25, 0.3) is 22.1 Å². The Morgan fingerprint density at radius 2 is 1.81 bits per heavy atom. The number of amides is 2. The van der Waals surface area contributed by atoms with E-state index < -0.39 is 12.1 Å². The molecule has 1 aromatic heterocycles. The summed E-state index contributed by atoms with van der Waals surface area (Å²) in [4.78, 5) is 39.0. The minimum atomic E-state index is -0.580. The molecule has 0 aliphatic carbocycles. The van der Waals surface area contributed by atoms with Gasteiger partial charge in [0.15, 0.2) is 0 Å². The number of fused-ring (bicyclic) bond motifs is 1. The van der Waals surface area contributed by atoms with Crippen molar-refractivity contribution in [3.05, 3.63) is 100 Å². The maximum atomic E-state index is 13.1. The van der Waals surface area contributed by atoms with Gasteiger partial charge < -0.3 is 14.5 Å². The average Bonchev–Trinajstić information content (AvgIpc) is 3.39. The summed E-state index contributed by atoms with van der Waals surface area (Å²) in [6.07, 6.45) is 0.843. The number of likely N-dealkylation sites (tertiary alicyclic amines) is 1. The molecule has 1 atom stereocenters. The summed E-state index contributed by atoms with van der Waals surface area (Å²) in [7, 11) is 0. The first kappa shape index (κ1) is 23.4. The van der Waals surface area contributed by atoms with E-state index >= 15 is 0 Å². The van der Waals surface area contributed by atoms with Gasteiger partial charge in [0.25, 0.3) is 0 Å². The van der Waals surface area contributed by atoms with Crippen LogP contribution in [-0.4, -0.2) is 29.5 Å². The van der Waals surface area contributed by atoms with Gasteiger partial charge in [-0.25, -0.2) is 9.59 Å². The molecular formula is C29H26N2O5. The van der Waals surface area contributed by atoms with Gasteiger partial charge in [-0.1, -0.05) is 48.5 Å². The van der Waals surface area contributed by atoms with Gasteiger partial charge in [-0.15, -0.1) is 0 Å². The van der Waals surface area contributed by atoms with E-state index in [1.54, 1.807) is 13.0 Å². The molecule has 1 fully saturated rings. The number of aryl methyl sites for hydroxylation is 1. The number of benzene rings is 3. The van der Waals surface area contributed by atoms with Crippen LogP contribution in [0.3, 0.4) is 0 Å². The normalized spacial score (nSPS) is 15.1. The molecule has 0 bridgehead atoms. The molecule has 0 radical (unpaired) electrons. The first-order chi connectivity index (χ1) is 17.5. The molecule has 0 spiro atoms. The number of hydrogen-bond donors (Lipinski definition) is 1. The second kappa shape index (κ2) is 10.1. The lowest BCUT2D eigenvalue weighted by molar-refractivity contribution is -0.120. The Morgan fingerprint density at radius 3 is 2.64 bits per heavy atom. The molecule has 2 amide bonds. The zero-order valence-electron chi connectivity index (χ0n) is 19.9. The molecule has 36 heavy (non-hydrogen) atoms. The molecule has 4 aromatic rings. The molecule has 7 heteroatoms. The van der Waals surface area contributed by atoms with Crippen molar-refractivity contribution in [1.29, 1.82) is 0 Å². The molecule has 182 valence electrons. The summed E-state index contributed by atoms with van der Waals surface area (Å²) in [5, 5.41) is 3.79. The van der Waals surface area contributed by atoms with Gasteiger partial charge in [0, 0.05) is 23.2 Å². The highest BCUT2D eigenvalue weighted by atomic mass is 16.6. The lowest BCUT2D eigenvalue weighted by Gasteiger charge is -2.23. The second-order valence-electron chi connectivity index (χ2n) is 8.93. The van der Waals surface area contributed by atoms with Crippen LogP contribution in [0, 0.1) is 6.92 Å². The monoisotopic (exact) mass is 482 g/mol. The van der Waals surface area contributed by atoms with Crippen molar-refractivity contribution in [3.63, 3.8) is 0 Å². The number of hydrogen-bond acceptors (Lipinski definition) is 5. The van der Waals surface area contributed by atoms with E-state index in [0.717, 1.165) is 28.5 Å². The quantitative estimate of drug-likeness (QED) is 0.379. The van der Waals surface area contributed by atoms with E-state index in [2.05, 4.69) is 5.32 Å². The molecule has 1 aliphatic rings. The van der Waals surface area contributed by atoms with Crippen LogP contribution in [0.1, 0.15) is 24.0 Å². The third-order valence-corrected chi connectivity index (χ3v) is 6.36. The van der Waals surface area contributed by atoms with Crippen LogP contribution < -0.4 is 10.9 Å². The maximum Gasteiger partial charge on any atom is 0.410 e. The molecule has 1 N–H and O–H groups in total. The second-order valence-corrected chi connectivity index (χ2v) is 8.93. The van der Waals surface area contributed by atoms with Gasteiger partial charge in [-0.05, 0) is 66.8 Å². The lowest BCUT2D eigenvalue weighted by Crippen LogP contribution is -2.43. The third-order valence-electron chi connectivity index (χ3n) is 6.36. The van der Waals surface area contributed by atoms with Crippen LogP contribution in [0.5, 0.6) is 0 Å². The first-order valence-electron chi connectivity index (χ1n) is 11.9. The summed E-state index contributed by atoms with van der Waals surface area (Å²) in [6, 6.07) is 23.8. The minimum Gasteiger partial charge on any atom is -0.445 e. The highest BCUT2D eigenvalue weighted by molar-refractivity contribution is 5.97. The molecule has 0 saturated carbocycles. The number of anilines is 1. The fraction of sp³-hybridized carbons (Fsp3) is 0.207.